The minimum Gasteiger partial charge on any atom is -0.466 e. The summed E-state index contributed by atoms with van der Waals surface area (Å²) in [6.45, 7) is 4.89. The summed E-state index contributed by atoms with van der Waals surface area (Å²) in [5, 5.41) is 23.1. The number of carbonyl (C=O) groups is 2. The Kier molecular flexibility index (Phi) is 56.5. The van der Waals surface area contributed by atoms with Crippen LogP contribution in [-0.4, -0.2) is 47.4 Å². The van der Waals surface area contributed by atoms with Gasteiger partial charge in [0.25, 0.3) is 0 Å². The second-order valence-corrected chi connectivity index (χ2v) is 20.7. The lowest BCUT2D eigenvalue weighted by Gasteiger charge is -2.20. The zero-order valence-electron chi connectivity index (χ0n) is 46.0. The van der Waals surface area contributed by atoms with Crippen LogP contribution in [0.5, 0.6) is 0 Å². The van der Waals surface area contributed by atoms with Gasteiger partial charge in [-0.2, -0.15) is 0 Å². The maximum Gasteiger partial charge on any atom is 0.305 e. The van der Waals surface area contributed by atoms with Gasteiger partial charge in [-0.1, -0.05) is 262 Å². The zero-order valence-corrected chi connectivity index (χ0v) is 46.0. The van der Waals surface area contributed by atoms with Crippen molar-refractivity contribution in [1.29, 1.82) is 0 Å². The van der Waals surface area contributed by atoms with Crippen LogP contribution in [0.1, 0.15) is 316 Å². The molecular weight excluding hydrogens is 851 g/mol. The minimum atomic E-state index is -0.851. The molecule has 6 heteroatoms. The number of aliphatic hydroxyl groups excluding tert-OH is 2. The van der Waals surface area contributed by atoms with E-state index in [0.29, 0.717) is 19.4 Å². The van der Waals surface area contributed by atoms with Crippen LogP contribution in [0.25, 0.3) is 0 Å². The number of hydrogen-bond donors (Lipinski definition) is 3. The predicted octanol–water partition coefficient (Wildman–Crippen LogP) is 19.0. The van der Waals surface area contributed by atoms with E-state index in [1.54, 1.807) is 6.08 Å². The number of esters is 1. The van der Waals surface area contributed by atoms with Crippen LogP contribution in [0.2, 0.25) is 0 Å². The lowest BCUT2D eigenvalue weighted by atomic mass is 10.0. The van der Waals surface area contributed by atoms with Crippen molar-refractivity contribution in [3.05, 3.63) is 48.6 Å². The van der Waals surface area contributed by atoms with Gasteiger partial charge in [-0.15, -0.1) is 0 Å². The van der Waals surface area contributed by atoms with E-state index in [4.69, 9.17) is 4.74 Å². The van der Waals surface area contributed by atoms with Crippen molar-refractivity contribution in [2.24, 2.45) is 0 Å². The summed E-state index contributed by atoms with van der Waals surface area (Å²) in [6, 6.07) is -0.636. The number of amides is 1. The van der Waals surface area contributed by atoms with Gasteiger partial charge in [0, 0.05) is 12.8 Å². The first kappa shape index (κ1) is 66.8. The highest BCUT2D eigenvalue weighted by molar-refractivity contribution is 5.76. The third-order valence-corrected chi connectivity index (χ3v) is 13.8. The van der Waals surface area contributed by atoms with Crippen LogP contribution in [0.15, 0.2) is 48.6 Å². The number of aliphatic hydroxyl groups is 2. The maximum absolute atomic E-state index is 12.5. The Bertz CT molecular complexity index is 1160. The van der Waals surface area contributed by atoms with Crippen molar-refractivity contribution >= 4 is 11.9 Å². The zero-order chi connectivity index (χ0) is 50.0. The van der Waals surface area contributed by atoms with Crippen LogP contribution >= 0.6 is 0 Å². The lowest BCUT2D eigenvalue weighted by Crippen LogP contribution is -2.45. The second-order valence-electron chi connectivity index (χ2n) is 20.7. The normalized spacial score (nSPS) is 12.9. The Morgan fingerprint density at radius 2 is 0.725 bits per heavy atom. The Morgan fingerprint density at radius 1 is 0.406 bits per heavy atom. The van der Waals surface area contributed by atoms with E-state index in [0.717, 1.165) is 64.2 Å². The molecule has 0 aliphatic rings. The smallest absolute Gasteiger partial charge is 0.305 e. The highest BCUT2D eigenvalue weighted by Gasteiger charge is 2.18. The molecule has 0 radical (unpaired) electrons. The summed E-state index contributed by atoms with van der Waals surface area (Å²) in [7, 11) is 0. The van der Waals surface area contributed by atoms with Crippen LogP contribution in [0.3, 0.4) is 0 Å². The van der Waals surface area contributed by atoms with Crippen LogP contribution in [0, 0.1) is 0 Å². The fourth-order valence-corrected chi connectivity index (χ4v) is 9.13. The Morgan fingerprint density at radius 3 is 1.12 bits per heavy atom. The van der Waals surface area contributed by atoms with Crippen LogP contribution in [-0.2, 0) is 14.3 Å². The molecule has 0 aromatic carbocycles. The third kappa shape index (κ3) is 55.0. The summed E-state index contributed by atoms with van der Waals surface area (Å²) in [6.07, 6.45) is 74.3. The van der Waals surface area contributed by atoms with Gasteiger partial charge >= 0.3 is 5.97 Å². The summed E-state index contributed by atoms with van der Waals surface area (Å²) in [4.78, 5) is 24.5. The summed E-state index contributed by atoms with van der Waals surface area (Å²) in [5.74, 6) is -0.0806. The first-order valence-electron chi connectivity index (χ1n) is 30.4. The van der Waals surface area contributed by atoms with Crippen LogP contribution < -0.4 is 5.32 Å². The summed E-state index contributed by atoms with van der Waals surface area (Å²) in [5.41, 5.74) is 0. The van der Waals surface area contributed by atoms with E-state index < -0.39 is 12.1 Å². The molecule has 69 heavy (non-hydrogen) atoms. The molecule has 2 atom stereocenters. The quantitative estimate of drug-likeness (QED) is 0.0321. The van der Waals surface area contributed by atoms with Crippen molar-refractivity contribution in [2.45, 2.75) is 328 Å². The summed E-state index contributed by atoms with van der Waals surface area (Å²) >= 11 is 0. The number of allylic oxidation sites excluding steroid dienone is 7. The van der Waals surface area contributed by atoms with E-state index in [1.165, 1.54) is 225 Å². The third-order valence-electron chi connectivity index (χ3n) is 13.8. The molecule has 0 aromatic heterocycles. The number of ether oxygens (including phenoxy) is 1. The van der Waals surface area contributed by atoms with Crippen LogP contribution in [0.4, 0.5) is 0 Å². The maximum atomic E-state index is 12.5. The van der Waals surface area contributed by atoms with Crippen molar-refractivity contribution in [3.8, 4) is 0 Å². The van der Waals surface area contributed by atoms with Gasteiger partial charge in [-0.05, 0) is 89.9 Å². The van der Waals surface area contributed by atoms with Crippen molar-refractivity contribution in [2.75, 3.05) is 13.2 Å². The first-order valence-corrected chi connectivity index (χ1v) is 30.4. The topological polar surface area (TPSA) is 95.9 Å². The Hall–Kier alpha value is -2.18. The first-order chi connectivity index (χ1) is 34.0. The molecule has 0 rings (SSSR count). The minimum absolute atomic E-state index is 0.00243. The number of hydrogen-bond acceptors (Lipinski definition) is 5. The molecule has 0 spiro atoms. The molecule has 0 fully saturated rings. The van der Waals surface area contributed by atoms with Gasteiger partial charge in [0.15, 0.2) is 0 Å². The molecular formula is C63H117NO5. The number of unbranched alkanes of at least 4 members (excludes halogenated alkanes) is 39. The fourth-order valence-electron chi connectivity index (χ4n) is 9.13. The molecule has 0 saturated heterocycles. The van der Waals surface area contributed by atoms with Gasteiger partial charge in [0.2, 0.25) is 5.91 Å². The van der Waals surface area contributed by atoms with Crippen molar-refractivity contribution in [1.82, 2.24) is 5.32 Å². The highest BCUT2D eigenvalue weighted by atomic mass is 16.5. The average Bonchev–Trinajstić information content (AvgIpc) is 3.35. The van der Waals surface area contributed by atoms with Crippen molar-refractivity contribution in [3.63, 3.8) is 0 Å². The molecule has 0 bridgehead atoms. The predicted molar refractivity (Wildman–Crippen MR) is 301 cm³/mol. The number of nitrogens with one attached hydrogen (secondary N) is 1. The molecule has 0 heterocycles. The van der Waals surface area contributed by atoms with E-state index in [1.807, 2.05) is 6.08 Å². The molecule has 6 nitrogen and oxygen atoms in total. The highest BCUT2D eigenvalue weighted by Crippen LogP contribution is 2.16. The van der Waals surface area contributed by atoms with Gasteiger partial charge < -0.3 is 20.3 Å². The van der Waals surface area contributed by atoms with E-state index >= 15 is 0 Å². The molecule has 404 valence electrons. The Balaban J connectivity index is 3.48. The lowest BCUT2D eigenvalue weighted by molar-refractivity contribution is -0.143. The van der Waals surface area contributed by atoms with E-state index in [-0.39, 0.29) is 18.5 Å². The monoisotopic (exact) mass is 968 g/mol. The standard InChI is InChI=1S/C63H117NO5/c1-3-5-7-9-11-13-15-17-28-31-35-39-43-47-51-55-61(66)60(59-65)64-62(67)56-52-48-44-40-36-32-29-26-24-22-20-19-21-23-25-27-30-34-38-42-46-50-54-58-69-63(68)57-53-49-45-41-37-33-18-16-14-12-10-8-6-4-2/h16,18-19,21-22,24,51,55,60-61,65-66H,3-15,17,20,23,25-50,52-54,56-59H2,1-2H3,(H,64,67)/b18-16-,21-19-,24-22-,55-51+. The van der Waals surface area contributed by atoms with Gasteiger partial charge in [0.05, 0.1) is 25.4 Å². The molecule has 0 saturated carbocycles. The molecule has 1 amide bonds. The summed E-state index contributed by atoms with van der Waals surface area (Å²) < 4.78 is 5.47. The molecule has 0 aromatic rings. The largest absolute Gasteiger partial charge is 0.466 e. The van der Waals surface area contributed by atoms with Crippen molar-refractivity contribution < 1.29 is 24.5 Å². The molecule has 3 N–H and O–H groups in total. The van der Waals surface area contributed by atoms with Gasteiger partial charge in [-0.3, -0.25) is 9.59 Å². The molecule has 0 aliphatic heterocycles. The van der Waals surface area contributed by atoms with Gasteiger partial charge in [-0.25, -0.2) is 0 Å². The molecule has 2 unspecified atom stereocenters. The van der Waals surface area contributed by atoms with E-state index in [2.05, 4.69) is 55.6 Å². The SMILES string of the molecule is CCCCCCC/C=C\CCCCCCCC(=O)OCCCCCCCCCCC/C=C\C/C=C\CCCCCCCCCC(=O)NC(CO)C(O)/C=C/CCCCCCCCCCCCCCC. The second kappa shape index (κ2) is 58.4. The number of rotatable bonds is 56. The van der Waals surface area contributed by atoms with E-state index in [9.17, 15) is 19.8 Å². The molecule has 0 aliphatic carbocycles. The Labute approximate surface area is 429 Å². The fraction of sp³-hybridized carbons (Fsp3) is 0.841. The number of carbonyl (C=O) groups excluding carboxylic acids is 2. The van der Waals surface area contributed by atoms with Gasteiger partial charge in [0.1, 0.15) is 0 Å². The average molecular weight is 969 g/mol.